The number of anilines is 1. The number of sulfonamides is 1. The van der Waals surface area contributed by atoms with Gasteiger partial charge in [-0.05, 0) is 81.6 Å². The third-order valence-electron chi connectivity index (χ3n) is 6.98. The van der Waals surface area contributed by atoms with E-state index in [1.165, 1.54) is 23.1 Å². The summed E-state index contributed by atoms with van der Waals surface area (Å²) in [6, 6.07) is 17.5. The van der Waals surface area contributed by atoms with E-state index >= 15 is 0 Å². The molecule has 0 aliphatic carbocycles. The molecule has 0 heterocycles. The summed E-state index contributed by atoms with van der Waals surface area (Å²) in [4.78, 5) is 28.7. The number of aryl methyl sites for hydroxylation is 2. The molecule has 3 aromatic carbocycles. The molecule has 0 saturated heterocycles. The van der Waals surface area contributed by atoms with Crippen LogP contribution in [0, 0.1) is 13.8 Å². The molecule has 0 aliphatic heterocycles. The first-order chi connectivity index (χ1) is 19.4. The highest BCUT2D eigenvalue weighted by Gasteiger charge is 2.33. The molecule has 0 aromatic heterocycles. The van der Waals surface area contributed by atoms with E-state index in [4.69, 9.17) is 16.3 Å². The van der Waals surface area contributed by atoms with E-state index in [1.807, 2.05) is 26.8 Å². The summed E-state index contributed by atoms with van der Waals surface area (Å²) < 4.78 is 34.4. The van der Waals surface area contributed by atoms with Crippen LogP contribution in [0.3, 0.4) is 0 Å². The lowest BCUT2D eigenvalue weighted by Gasteiger charge is -2.33. The van der Waals surface area contributed by atoms with Gasteiger partial charge in [0.2, 0.25) is 11.8 Å². The van der Waals surface area contributed by atoms with Crippen molar-refractivity contribution in [1.29, 1.82) is 0 Å². The number of carbonyl (C=O) groups excluding carboxylic acids is 2. The van der Waals surface area contributed by atoms with Crippen molar-refractivity contribution in [2.24, 2.45) is 0 Å². The zero-order chi connectivity index (χ0) is 30.3. The van der Waals surface area contributed by atoms with E-state index < -0.39 is 28.5 Å². The second kappa shape index (κ2) is 13.9. The maximum Gasteiger partial charge on any atom is 0.264 e. The molecular formula is C31H38ClN3O5S. The molecule has 0 unspecified atom stereocenters. The summed E-state index contributed by atoms with van der Waals surface area (Å²) in [7, 11) is -2.64. The van der Waals surface area contributed by atoms with Gasteiger partial charge in [-0.3, -0.25) is 13.9 Å². The average Bonchev–Trinajstić information content (AvgIpc) is 2.95. The van der Waals surface area contributed by atoms with E-state index in [9.17, 15) is 18.0 Å². The van der Waals surface area contributed by atoms with E-state index in [2.05, 4.69) is 5.32 Å². The second-order valence-corrected chi connectivity index (χ2v) is 12.4. The number of methoxy groups -OCH3 is 1. The molecular weight excluding hydrogens is 562 g/mol. The third kappa shape index (κ3) is 8.01. The maximum atomic E-state index is 14.1. The Bertz CT molecular complexity index is 1480. The SMILES string of the molecule is CC[C@H](C)NC(=O)[C@H](C)N(Cc1cccc(OC)c1)C(=O)CN(c1cc(Cl)ccc1C)S(=O)(=O)c1ccc(C)cc1. The largest absolute Gasteiger partial charge is 0.497 e. The number of hydrogen-bond acceptors (Lipinski definition) is 5. The summed E-state index contributed by atoms with van der Waals surface area (Å²) in [6.45, 7) is 8.62. The number of nitrogens with zero attached hydrogens (tertiary/aromatic N) is 2. The van der Waals surface area contributed by atoms with Crippen molar-refractivity contribution in [3.05, 3.63) is 88.4 Å². The van der Waals surface area contributed by atoms with Crippen LogP contribution in [0.5, 0.6) is 5.75 Å². The summed E-state index contributed by atoms with van der Waals surface area (Å²) in [5.41, 5.74) is 2.54. The van der Waals surface area contributed by atoms with Gasteiger partial charge in [-0.2, -0.15) is 0 Å². The van der Waals surface area contributed by atoms with E-state index in [0.29, 0.717) is 16.3 Å². The highest BCUT2D eigenvalue weighted by Crippen LogP contribution is 2.30. The fraction of sp³-hybridized carbons (Fsp3) is 0.355. The molecule has 3 aromatic rings. The third-order valence-corrected chi connectivity index (χ3v) is 8.99. The Morgan fingerprint density at radius 2 is 1.68 bits per heavy atom. The number of nitrogens with one attached hydrogen (secondary N) is 1. The number of hydrogen-bond donors (Lipinski definition) is 1. The fourth-order valence-electron chi connectivity index (χ4n) is 4.22. The normalized spacial score (nSPS) is 12.8. The van der Waals surface area contributed by atoms with Crippen molar-refractivity contribution >= 4 is 39.1 Å². The Hall–Kier alpha value is -3.56. The standard InChI is InChI=1S/C31H38ClN3O5S/c1-7-23(4)33-31(37)24(5)34(19-25-9-8-10-27(17-25)40-6)30(36)20-35(29-18-26(32)14-13-22(29)3)41(38,39)28-15-11-21(2)12-16-28/h8-18,23-24H,7,19-20H2,1-6H3,(H,33,37)/t23-,24-/m0/s1. The van der Waals surface area contributed by atoms with Crippen LogP contribution in [0.15, 0.2) is 71.6 Å². The van der Waals surface area contributed by atoms with Crippen LogP contribution in [0.25, 0.3) is 0 Å². The Balaban J connectivity index is 2.08. The smallest absolute Gasteiger partial charge is 0.264 e. The van der Waals surface area contributed by atoms with Gasteiger partial charge in [0, 0.05) is 17.6 Å². The number of rotatable bonds is 12. The highest BCUT2D eigenvalue weighted by molar-refractivity contribution is 7.92. The summed E-state index contributed by atoms with van der Waals surface area (Å²) in [6.07, 6.45) is 0.721. The van der Waals surface area contributed by atoms with Crippen molar-refractivity contribution in [1.82, 2.24) is 10.2 Å². The second-order valence-electron chi connectivity index (χ2n) is 10.1. The van der Waals surface area contributed by atoms with Crippen LogP contribution in [-0.2, 0) is 26.2 Å². The summed E-state index contributed by atoms with van der Waals surface area (Å²) >= 11 is 6.29. The van der Waals surface area contributed by atoms with Gasteiger partial charge in [0.15, 0.2) is 0 Å². The highest BCUT2D eigenvalue weighted by atomic mass is 35.5. The lowest BCUT2D eigenvalue weighted by molar-refractivity contribution is -0.139. The van der Waals surface area contributed by atoms with Crippen molar-refractivity contribution in [2.75, 3.05) is 18.0 Å². The molecule has 1 N–H and O–H groups in total. The predicted molar refractivity (Wildman–Crippen MR) is 163 cm³/mol. The molecule has 2 amide bonds. The van der Waals surface area contributed by atoms with Crippen molar-refractivity contribution in [2.45, 2.75) is 64.6 Å². The van der Waals surface area contributed by atoms with Crippen molar-refractivity contribution in [3.8, 4) is 5.75 Å². The Kier molecular flexibility index (Phi) is 10.8. The molecule has 41 heavy (non-hydrogen) atoms. The Labute approximate surface area is 248 Å². The van der Waals surface area contributed by atoms with Gasteiger partial charge in [-0.1, -0.05) is 54.4 Å². The minimum absolute atomic E-state index is 0.0391. The number of carbonyl (C=O) groups is 2. The monoisotopic (exact) mass is 599 g/mol. The molecule has 3 rings (SSSR count). The maximum absolute atomic E-state index is 14.1. The Morgan fingerprint density at radius 3 is 2.32 bits per heavy atom. The number of ether oxygens (including phenoxy) is 1. The molecule has 10 heteroatoms. The van der Waals surface area contributed by atoms with Crippen molar-refractivity contribution < 1.29 is 22.7 Å². The quantitative estimate of drug-likeness (QED) is 0.297. The number of benzene rings is 3. The predicted octanol–water partition coefficient (Wildman–Crippen LogP) is 5.49. The molecule has 2 atom stereocenters. The molecule has 0 bridgehead atoms. The van der Waals surface area contributed by atoms with Crippen LogP contribution in [0.2, 0.25) is 5.02 Å². The molecule has 0 saturated carbocycles. The van der Waals surface area contributed by atoms with Crippen LogP contribution in [0.4, 0.5) is 5.69 Å². The van der Waals surface area contributed by atoms with Crippen LogP contribution < -0.4 is 14.4 Å². The van der Waals surface area contributed by atoms with Crippen LogP contribution in [-0.4, -0.2) is 50.9 Å². The first-order valence-electron chi connectivity index (χ1n) is 13.5. The molecule has 0 spiro atoms. The molecule has 0 fully saturated rings. The lowest BCUT2D eigenvalue weighted by Crippen LogP contribution is -2.52. The lowest BCUT2D eigenvalue weighted by atomic mass is 10.1. The van der Waals surface area contributed by atoms with Crippen molar-refractivity contribution in [3.63, 3.8) is 0 Å². The zero-order valence-electron chi connectivity index (χ0n) is 24.3. The first-order valence-corrected chi connectivity index (χ1v) is 15.3. The van der Waals surface area contributed by atoms with E-state index in [1.54, 1.807) is 63.4 Å². The van der Waals surface area contributed by atoms with Crippen LogP contribution in [0.1, 0.15) is 43.9 Å². The van der Waals surface area contributed by atoms with Gasteiger partial charge in [-0.15, -0.1) is 0 Å². The van der Waals surface area contributed by atoms with Gasteiger partial charge >= 0.3 is 0 Å². The molecule has 0 aliphatic rings. The molecule has 0 radical (unpaired) electrons. The topological polar surface area (TPSA) is 96.0 Å². The van der Waals surface area contributed by atoms with Gasteiger partial charge in [-0.25, -0.2) is 8.42 Å². The van der Waals surface area contributed by atoms with Gasteiger partial charge in [0.1, 0.15) is 18.3 Å². The fourth-order valence-corrected chi connectivity index (χ4v) is 5.85. The first kappa shape index (κ1) is 32.0. The minimum atomic E-state index is -4.18. The van der Waals surface area contributed by atoms with Gasteiger partial charge in [0.05, 0.1) is 17.7 Å². The number of halogens is 1. The van der Waals surface area contributed by atoms with E-state index in [-0.39, 0.29) is 29.1 Å². The summed E-state index contributed by atoms with van der Waals surface area (Å²) in [5, 5.41) is 3.26. The number of amides is 2. The zero-order valence-corrected chi connectivity index (χ0v) is 25.9. The van der Waals surface area contributed by atoms with Gasteiger partial charge in [0.25, 0.3) is 10.0 Å². The molecule has 8 nitrogen and oxygen atoms in total. The van der Waals surface area contributed by atoms with Gasteiger partial charge < -0.3 is 15.0 Å². The Morgan fingerprint density at radius 1 is 1.00 bits per heavy atom. The minimum Gasteiger partial charge on any atom is -0.497 e. The van der Waals surface area contributed by atoms with Crippen LogP contribution >= 0.6 is 11.6 Å². The summed E-state index contributed by atoms with van der Waals surface area (Å²) in [5.74, 6) is -0.276. The van der Waals surface area contributed by atoms with E-state index in [0.717, 1.165) is 21.9 Å². The molecule has 220 valence electrons. The average molecular weight is 600 g/mol.